The minimum atomic E-state index is -0.458. The fourth-order valence-electron chi connectivity index (χ4n) is 3.32. The predicted molar refractivity (Wildman–Crippen MR) is 109 cm³/mol. The Morgan fingerprint density at radius 1 is 1.26 bits per heavy atom. The lowest BCUT2D eigenvalue weighted by Gasteiger charge is -2.33. The zero-order valence-corrected chi connectivity index (χ0v) is 17.3. The highest BCUT2D eigenvalue weighted by atomic mass is 35.5. The molecule has 0 aromatic heterocycles. The highest BCUT2D eigenvalue weighted by molar-refractivity contribution is 5.85. The minimum Gasteiger partial charge on any atom is -0.496 e. The molecule has 7 heteroatoms. The molecule has 0 radical (unpaired) electrons. The van der Waals surface area contributed by atoms with E-state index in [0.717, 1.165) is 24.2 Å². The number of para-hydroxylation sites is 1. The summed E-state index contributed by atoms with van der Waals surface area (Å²) in [5, 5.41) is 3.03. The summed E-state index contributed by atoms with van der Waals surface area (Å²) in [7, 11) is 1.61. The van der Waals surface area contributed by atoms with E-state index < -0.39 is 6.04 Å². The van der Waals surface area contributed by atoms with E-state index in [1.807, 2.05) is 29.2 Å². The van der Waals surface area contributed by atoms with Crippen LogP contribution in [0.15, 0.2) is 24.3 Å². The largest absolute Gasteiger partial charge is 0.496 e. The highest BCUT2D eigenvalue weighted by Crippen LogP contribution is 2.20. The number of carbonyl (C=O) groups is 2. The van der Waals surface area contributed by atoms with Crippen LogP contribution in [0.1, 0.15) is 38.7 Å². The number of nitrogens with one attached hydrogen (secondary N) is 1. The van der Waals surface area contributed by atoms with E-state index in [4.69, 9.17) is 10.5 Å². The second-order valence-corrected chi connectivity index (χ2v) is 7.39. The smallest absolute Gasteiger partial charge is 0.237 e. The van der Waals surface area contributed by atoms with Gasteiger partial charge in [-0.05, 0) is 31.2 Å². The third-order valence-corrected chi connectivity index (χ3v) is 4.79. The number of carbonyl (C=O) groups excluding carboxylic acids is 2. The average Bonchev–Trinajstić information content (AvgIpc) is 2.62. The molecular formula is C20H32ClN3O3. The molecule has 1 aromatic carbocycles. The molecule has 1 aliphatic rings. The molecule has 3 N–H and O–H groups in total. The molecule has 0 bridgehead atoms. The first-order valence-corrected chi connectivity index (χ1v) is 9.36. The van der Waals surface area contributed by atoms with Crippen LogP contribution in [0.4, 0.5) is 0 Å². The van der Waals surface area contributed by atoms with Crippen LogP contribution in [0.5, 0.6) is 5.75 Å². The minimum absolute atomic E-state index is 0. The number of rotatable bonds is 7. The van der Waals surface area contributed by atoms with Crippen molar-refractivity contribution >= 4 is 24.2 Å². The number of ether oxygens (including phenoxy) is 1. The number of hydrogen-bond acceptors (Lipinski definition) is 4. The van der Waals surface area contributed by atoms with E-state index in [0.29, 0.717) is 31.8 Å². The number of piperidine rings is 1. The maximum atomic E-state index is 12.6. The lowest BCUT2D eigenvalue weighted by molar-refractivity contribution is -0.131. The molecule has 0 saturated carbocycles. The summed E-state index contributed by atoms with van der Waals surface area (Å²) in [4.78, 5) is 26.6. The Kier molecular flexibility index (Phi) is 9.60. The monoisotopic (exact) mass is 397 g/mol. The van der Waals surface area contributed by atoms with Gasteiger partial charge in [0.1, 0.15) is 5.75 Å². The summed E-state index contributed by atoms with van der Waals surface area (Å²) in [5.74, 6) is 1.14. The molecule has 0 aliphatic carbocycles. The highest BCUT2D eigenvalue weighted by Gasteiger charge is 2.26. The van der Waals surface area contributed by atoms with Gasteiger partial charge < -0.3 is 20.7 Å². The van der Waals surface area contributed by atoms with Gasteiger partial charge >= 0.3 is 0 Å². The number of likely N-dealkylation sites (tertiary alicyclic amines) is 1. The van der Waals surface area contributed by atoms with Crippen LogP contribution in [-0.2, 0) is 16.0 Å². The summed E-state index contributed by atoms with van der Waals surface area (Å²) < 4.78 is 5.31. The van der Waals surface area contributed by atoms with Gasteiger partial charge in [0.15, 0.2) is 0 Å². The Morgan fingerprint density at radius 3 is 2.48 bits per heavy atom. The van der Waals surface area contributed by atoms with E-state index >= 15 is 0 Å². The maximum Gasteiger partial charge on any atom is 0.237 e. The molecule has 1 heterocycles. The molecule has 2 rings (SSSR count). The lowest BCUT2D eigenvalue weighted by atomic mass is 10.0. The number of halogens is 1. The number of nitrogens with two attached hydrogens (primary N) is 1. The van der Waals surface area contributed by atoms with Crippen LogP contribution in [0, 0.1) is 5.92 Å². The zero-order chi connectivity index (χ0) is 19.1. The van der Waals surface area contributed by atoms with Gasteiger partial charge in [-0.2, -0.15) is 0 Å². The molecule has 1 atom stereocenters. The number of benzene rings is 1. The molecule has 27 heavy (non-hydrogen) atoms. The van der Waals surface area contributed by atoms with E-state index in [-0.39, 0.29) is 30.3 Å². The molecule has 1 aliphatic heterocycles. The number of methoxy groups -OCH3 is 1. The van der Waals surface area contributed by atoms with Gasteiger partial charge in [0.2, 0.25) is 11.8 Å². The third-order valence-electron chi connectivity index (χ3n) is 4.79. The molecule has 0 unspecified atom stereocenters. The van der Waals surface area contributed by atoms with Crippen molar-refractivity contribution in [1.29, 1.82) is 0 Å². The van der Waals surface area contributed by atoms with Crippen molar-refractivity contribution in [2.75, 3.05) is 20.2 Å². The van der Waals surface area contributed by atoms with Gasteiger partial charge in [-0.25, -0.2) is 0 Å². The Bertz CT molecular complexity index is 616. The Labute approximate surface area is 168 Å². The molecule has 1 saturated heterocycles. The van der Waals surface area contributed by atoms with Crippen molar-refractivity contribution in [1.82, 2.24) is 10.2 Å². The number of amides is 2. The van der Waals surface area contributed by atoms with Crippen LogP contribution in [0.2, 0.25) is 0 Å². The van der Waals surface area contributed by atoms with Gasteiger partial charge in [-0.15, -0.1) is 12.4 Å². The molecular weight excluding hydrogens is 366 g/mol. The summed E-state index contributed by atoms with van der Waals surface area (Å²) in [6.45, 7) is 5.41. The topological polar surface area (TPSA) is 84.7 Å². The van der Waals surface area contributed by atoms with Crippen LogP contribution >= 0.6 is 12.4 Å². The predicted octanol–water partition coefficient (Wildman–Crippen LogP) is 2.14. The van der Waals surface area contributed by atoms with Crippen molar-refractivity contribution in [3.8, 4) is 5.75 Å². The molecule has 2 amide bonds. The van der Waals surface area contributed by atoms with Crippen molar-refractivity contribution in [3.05, 3.63) is 29.8 Å². The number of nitrogens with zero attached hydrogens (tertiary/aromatic N) is 1. The third kappa shape index (κ3) is 7.03. The number of hydrogen-bond donors (Lipinski definition) is 2. The van der Waals surface area contributed by atoms with Crippen molar-refractivity contribution in [3.63, 3.8) is 0 Å². The van der Waals surface area contributed by atoms with Gasteiger partial charge in [0, 0.05) is 24.7 Å². The van der Waals surface area contributed by atoms with Crippen LogP contribution in [-0.4, -0.2) is 49.0 Å². The first-order valence-electron chi connectivity index (χ1n) is 9.36. The van der Waals surface area contributed by atoms with E-state index in [1.165, 1.54) is 0 Å². The molecule has 0 spiro atoms. The van der Waals surface area contributed by atoms with Crippen LogP contribution in [0.3, 0.4) is 0 Å². The first-order chi connectivity index (χ1) is 12.4. The normalized spacial score (nSPS) is 15.8. The standard InChI is InChI=1S/C20H31N3O3.ClH/c1-14(2)12-17(21)20(25)22-16-8-10-23(11-9-16)19(24)13-15-6-4-5-7-18(15)26-3;/h4-7,14,16-17H,8-13,21H2,1-3H3,(H,22,25);1H/t17-;/m0./s1. The average molecular weight is 398 g/mol. The zero-order valence-electron chi connectivity index (χ0n) is 16.4. The van der Waals surface area contributed by atoms with E-state index in [2.05, 4.69) is 19.2 Å². The Hall–Kier alpha value is -1.79. The fraction of sp³-hybridized carbons (Fsp3) is 0.600. The fourth-order valence-corrected chi connectivity index (χ4v) is 3.32. The second kappa shape index (κ2) is 11.1. The SMILES string of the molecule is COc1ccccc1CC(=O)N1CCC(NC(=O)[C@@H](N)CC(C)C)CC1.Cl. The van der Waals surface area contributed by atoms with Crippen LogP contribution in [0.25, 0.3) is 0 Å². The molecule has 152 valence electrons. The van der Waals surface area contributed by atoms with Gasteiger partial charge in [0.05, 0.1) is 19.6 Å². The molecule has 6 nitrogen and oxygen atoms in total. The van der Waals surface area contributed by atoms with Crippen LogP contribution < -0.4 is 15.8 Å². The Morgan fingerprint density at radius 2 is 1.89 bits per heavy atom. The maximum absolute atomic E-state index is 12.6. The summed E-state index contributed by atoms with van der Waals surface area (Å²) in [6.07, 6.45) is 2.54. The molecule has 1 aromatic rings. The van der Waals surface area contributed by atoms with Gasteiger partial charge in [-0.1, -0.05) is 32.0 Å². The van der Waals surface area contributed by atoms with E-state index in [1.54, 1.807) is 7.11 Å². The van der Waals surface area contributed by atoms with Crippen molar-refractivity contribution in [2.45, 2.75) is 51.6 Å². The summed E-state index contributed by atoms with van der Waals surface area (Å²) in [5.41, 5.74) is 6.83. The Balaban J connectivity index is 0.00000364. The summed E-state index contributed by atoms with van der Waals surface area (Å²) in [6, 6.07) is 7.22. The first kappa shape index (κ1) is 23.2. The molecule has 1 fully saturated rings. The van der Waals surface area contributed by atoms with Crippen molar-refractivity contribution in [2.24, 2.45) is 11.7 Å². The second-order valence-electron chi connectivity index (χ2n) is 7.39. The van der Waals surface area contributed by atoms with Gasteiger partial charge in [0.25, 0.3) is 0 Å². The lowest BCUT2D eigenvalue weighted by Crippen LogP contribution is -2.51. The van der Waals surface area contributed by atoms with Crippen molar-refractivity contribution < 1.29 is 14.3 Å². The quantitative estimate of drug-likeness (QED) is 0.738. The van der Waals surface area contributed by atoms with E-state index in [9.17, 15) is 9.59 Å². The van der Waals surface area contributed by atoms with Gasteiger partial charge in [-0.3, -0.25) is 9.59 Å². The summed E-state index contributed by atoms with van der Waals surface area (Å²) >= 11 is 0.